The predicted molar refractivity (Wildman–Crippen MR) is 78.0 cm³/mol. The molecule has 0 aliphatic rings. The number of hydrogen-bond donors (Lipinski definition) is 2. The van der Waals surface area contributed by atoms with Gasteiger partial charge >= 0.3 is 11.7 Å². The van der Waals surface area contributed by atoms with E-state index in [-0.39, 0.29) is 23.4 Å². The van der Waals surface area contributed by atoms with Crippen LogP contribution in [0, 0.1) is 10.1 Å². The molecule has 0 heterocycles. The van der Waals surface area contributed by atoms with Crippen molar-refractivity contribution in [1.29, 1.82) is 0 Å². The molecule has 1 aromatic rings. The molecule has 2 N–H and O–H groups in total. The number of benzene rings is 1. The Balaban J connectivity index is 2.94. The Hall–Kier alpha value is -2.90. The molecule has 0 radical (unpaired) electrons. The first kappa shape index (κ1) is 17.2. The summed E-state index contributed by atoms with van der Waals surface area (Å²) >= 11 is 0. The van der Waals surface area contributed by atoms with Crippen LogP contribution in [-0.2, 0) is 4.79 Å². The molecule has 118 valence electrons. The minimum absolute atomic E-state index is 0.0735. The topological polar surface area (TPSA) is 119 Å². The maximum Gasteiger partial charge on any atom is 0.326 e. The number of carbonyl (C=O) groups excluding carboxylic acids is 1. The van der Waals surface area contributed by atoms with Gasteiger partial charge in [-0.05, 0) is 18.9 Å². The van der Waals surface area contributed by atoms with E-state index in [1.807, 2.05) is 0 Å². The van der Waals surface area contributed by atoms with Crippen LogP contribution in [0.3, 0.4) is 0 Å². The van der Waals surface area contributed by atoms with Crippen molar-refractivity contribution < 1.29 is 24.4 Å². The second-order valence-electron chi connectivity index (χ2n) is 4.37. The molecular formula is C14H16N2O6. The average Bonchev–Trinajstić information content (AvgIpc) is 2.49. The number of nitro benzene ring substituents is 1. The molecule has 0 aliphatic carbocycles. The van der Waals surface area contributed by atoms with Crippen molar-refractivity contribution in [3.8, 4) is 5.75 Å². The summed E-state index contributed by atoms with van der Waals surface area (Å²) in [5.74, 6) is -1.88. The highest BCUT2D eigenvalue weighted by molar-refractivity contribution is 5.97. The Labute approximate surface area is 126 Å². The van der Waals surface area contributed by atoms with Crippen molar-refractivity contribution in [2.24, 2.45) is 0 Å². The van der Waals surface area contributed by atoms with Crippen LogP contribution in [0.2, 0.25) is 0 Å². The van der Waals surface area contributed by atoms with Crippen LogP contribution in [0.5, 0.6) is 5.75 Å². The van der Waals surface area contributed by atoms with Gasteiger partial charge in [-0.25, -0.2) is 4.79 Å². The SMILES string of the molecule is C=CCCC(NC(=O)c1ccc([N+](=O)[O-])c(OC)c1)C(=O)O. The summed E-state index contributed by atoms with van der Waals surface area (Å²) in [6, 6.07) is 2.50. The summed E-state index contributed by atoms with van der Waals surface area (Å²) in [4.78, 5) is 33.3. The molecule has 1 aromatic carbocycles. The van der Waals surface area contributed by atoms with Gasteiger partial charge in [0.2, 0.25) is 0 Å². The summed E-state index contributed by atoms with van der Waals surface area (Å²) in [6.07, 6.45) is 2.19. The van der Waals surface area contributed by atoms with E-state index in [9.17, 15) is 19.7 Å². The zero-order chi connectivity index (χ0) is 16.7. The van der Waals surface area contributed by atoms with E-state index in [1.54, 1.807) is 6.08 Å². The fourth-order valence-electron chi connectivity index (χ4n) is 1.75. The number of ether oxygens (including phenoxy) is 1. The number of nitro groups is 1. The van der Waals surface area contributed by atoms with Crippen LogP contribution in [0.1, 0.15) is 23.2 Å². The van der Waals surface area contributed by atoms with Gasteiger partial charge in [0, 0.05) is 17.7 Å². The Morgan fingerprint density at radius 2 is 2.23 bits per heavy atom. The van der Waals surface area contributed by atoms with Crippen molar-refractivity contribution in [2.45, 2.75) is 18.9 Å². The van der Waals surface area contributed by atoms with E-state index in [2.05, 4.69) is 11.9 Å². The third kappa shape index (κ3) is 4.30. The quantitative estimate of drug-likeness (QED) is 0.429. The highest BCUT2D eigenvalue weighted by Crippen LogP contribution is 2.27. The van der Waals surface area contributed by atoms with Crippen molar-refractivity contribution in [3.05, 3.63) is 46.5 Å². The van der Waals surface area contributed by atoms with E-state index in [0.29, 0.717) is 6.42 Å². The molecule has 1 atom stereocenters. The van der Waals surface area contributed by atoms with Crippen molar-refractivity contribution in [1.82, 2.24) is 5.32 Å². The van der Waals surface area contributed by atoms with E-state index in [1.165, 1.54) is 19.2 Å². The van der Waals surface area contributed by atoms with Crippen molar-refractivity contribution in [2.75, 3.05) is 7.11 Å². The fraction of sp³-hybridized carbons (Fsp3) is 0.286. The van der Waals surface area contributed by atoms with Crippen LogP contribution < -0.4 is 10.1 Å². The number of nitrogens with zero attached hydrogens (tertiary/aromatic N) is 1. The van der Waals surface area contributed by atoms with Crippen LogP contribution in [0.4, 0.5) is 5.69 Å². The van der Waals surface area contributed by atoms with Gasteiger partial charge in [-0.1, -0.05) is 6.08 Å². The Bertz CT molecular complexity index is 599. The molecule has 0 spiro atoms. The summed E-state index contributed by atoms with van der Waals surface area (Å²) in [5, 5.41) is 22.2. The van der Waals surface area contributed by atoms with Gasteiger partial charge in [0.15, 0.2) is 5.75 Å². The lowest BCUT2D eigenvalue weighted by molar-refractivity contribution is -0.385. The van der Waals surface area contributed by atoms with Gasteiger partial charge in [0.25, 0.3) is 5.91 Å². The standard InChI is InChI=1S/C14H16N2O6/c1-3-4-5-10(14(18)19)15-13(17)9-6-7-11(16(20)21)12(8-9)22-2/h3,6-8,10H,1,4-5H2,2H3,(H,15,17)(H,18,19). The van der Waals surface area contributed by atoms with Gasteiger partial charge in [-0.2, -0.15) is 0 Å². The first-order valence-electron chi connectivity index (χ1n) is 6.37. The number of amides is 1. The van der Waals surface area contributed by atoms with Crippen LogP contribution in [0.25, 0.3) is 0 Å². The fourth-order valence-corrected chi connectivity index (χ4v) is 1.75. The maximum absolute atomic E-state index is 12.0. The molecule has 0 saturated carbocycles. The number of rotatable bonds is 8. The molecular weight excluding hydrogens is 292 g/mol. The van der Waals surface area contributed by atoms with E-state index in [0.717, 1.165) is 6.07 Å². The number of nitrogens with one attached hydrogen (secondary N) is 1. The average molecular weight is 308 g/mol. The zero-order valence-electron chi connectivity index (χ0n) is 11.9. The minimum atomic E-state index is -1.16. The lowest BCUT2D eigenvalue weighted by Gasteiger charge is -2.14. The summed E-state index contributed by atoms with van der Waals surface area (Å²) in [6.45, 7) is 3.49. The molecule has 0 bridgehead atoms. The molecule has 1 rings (SSSR count). The monoisotopic (exact) mass is 308 g/mol. The van der Waals surface area contributed by atoms with E-state index < -0.39 is 22.8 Å². The smallest absolute Gasteiger partial charge is 0.326 e. The van der Waals surface area contributed by atoms with Gasteiger partial charge in [0.05, 0.1) is 12.0 Å². The highest BCUT2D eigenvalue weighted by atomic mass is 16.6. The van der Waals surface area contributed by atoms with Gasteiger partial charge in [-0.3, -0.25) is 14.9 Å². The number of carbonyl (C=O) groups is 2. The van der Waals surface area contributed by atoms with Gasteiger partial charge in [-0.15, -0.1) is 6.58 Å². The second-order valence-corrected chi connectivity index (χ2v) is 4.37. The molecule has 0 saturated heterocycles. The second kappa shape index (κ2) is 7.77. The predicted octanol–water partition coefficient (Wildman–Crippen LogP) is 1.75. The van der Waals surface area contributed by atoms with Gasteiger partial charge in [0.1, 0.15) is 6.04 Å². The summed E-state index contributed by atoms with van der Waals surface area (Å²) in [7, 11) is 1.24. The van der Waals surface area contributed by atoms with Crippen LogP contribution in [-0.4, -0.2) is 35.1 Å². The number of hydrogen-bond acceptors (Lipinski definition) is 5. The molecule has 0 fully saturated rings. The Morgan fingerprint density at radius 3 is 2.73 bits per heavy atom. The molecule has 0 aliphatic heterocycles. The zero-order valence-corrected chi connectivity index (χ0v) is 11.9. The Morgan fingerprint density at radius 1 is 1.55 bits per heavy atom. The first-order valence-corrected chi connectivity index (χ1v) is 6.37. The number of carboxylic acid groups (broad SMARTS) is 1. The first-order chi connectivity index (χ1) is 10.4. The molecule has 1 unspecified atom stereocenters. The largest absolute Gasteiger partial charge is 0.490 e. The minimum Gasteiger partial charge on any atom is -0.490 e. The normalized spacial score (nSPS) is 11.3. The highest BCUT2D eigenvalue weighted by Gasteiger charge is 2.22. The number of carboxylic acids is 1. The van der Waals surface area contributed by atoms with E-state index >= 15 is 0 Å². The maximum atomic E-state index is 12.0. The molecule has 22 heavy (non-hydrogen) atoms. The van der Waals surface area contributed by atoms with E-state index in [4.69, 9.17) is 9.84 Å². The lowest BCUT2D eigenvalue weighted by Crippen LogP contribution is -2.40. The third-order valence-electron chi connectivity index (χ3n) is 2.90. The van der Waals surface area contributed by atoms with Crippen LogP contribution >= 0.6 is 0 Å². The number of aliphatic carboxylic acids is 1. The Kier molecular flexibility index (Phi) is 6.06. The van der Waals surface area contributed by atoms with Crippen LogP contribution in [0.15, 0.2) is 30.9 Å². The molecule has 1 amide bonds. The summed E-state index contributed by atoms with van der Waals surface area (Å²) < 4.78 is 4.86. The van der Waals surface area contributed by atoms with Gasteiger partial charge < -0.3 is 15.2 Å². The third-order valence-corrected chi connectivity index (χ3v) is 2.90. The molecule has 8 nitrogen and oxygen atoms in total. The molecule has 0 aromatic heterocycles. The van der Waals surface area contributed by atoms with Crippen molar-refractivity contribution in [3.63, 3.8) is 0 Å². The molecule has 8 heteroatoms. The number of allylic oxidation sites excluding steroid dienone is 1. The number of methoxy groups -OCH3 is 1. The van der Waals surface area contributed by atoms with Crippen molar-refractivity contribution >= 4 is 17.6 Å². The summed E-state index contributed by atoms with van der Waals surface area (Å²) in [5.41, 5.74) is -0.201. The lowest BCUT2D eigenvalue weighted by atomic mass is 10.1.